The van der Waals surface area contributed by atoms with E-state index in [0.29, 0.717) is 0 Å². The van der Waals surface area contributed by atoms with Crippen molar-refractivity contribution in [2.75, 3.05) is 13.2 Å². The van der Waals surface area contributed by atoms with Crippen molar-refractivity contribution in [3.05, 3.63) is 0 Å². The Hall–Kier alpha value is -0.710. The second-order valence-electron chi connectivity index (χ2n) is 2.79. The molecule has 0 aromatic heterocycles. The van der Waals surface area contributed by atoms with Gasteiger partial charge in [0.2, 0.25) is 0 Å². The van der Waals surface area contributed by atoms with Crippen LogP contribution in [0.2, 0.25) is 0 Å². The highest BCUT2D eigenvalue weighted by Gasteiger charge is 2.35. The SMILES string of the molecule is O=C(C(F)F)N(CCO)C1CC1. The zero-order chi connectivity index (χ0) is 9.14. The van der Waals surface area contributed by atoms with E-state index in [1.807, 2.05) is 0 Å². The summed E-state index contributed by atoms with van der Waals surface area (Å²) in [6.45, 7) is -0.233. The molecule has 1 aliphatic carbocycles. The normalized spacial score (nSPS) is 16.7. The molecule has 1 saturated carbocycles. The van der Waals surface area contributed by atoms with E-state index in [1.54, 1.807) is 0 Å². The van der Waals surface area contributed by atoms with Crippen LogP contribution in [0.4, 0.5) is 8.78 Å². The number of rotatable bonds is 4. The maximum Gasteiger partial charge on any atom is 0.315 e. The van der Waals surface area contributed by atoms with Crippen molar-refractivity contribution in [2.24, 2.45) is 0 Å². The number of hydrogen-bond acceptors (Lipinski definition) is 2. The fourth-order valence-electron chi connectivity index (χ4n) is 1.09. The number of hydrogen-bond donors (Lipinski definition) is 1. The molecule has 3 nitrogen and oxygen atoms in total. The lowest BCUT2D eigenvalue weighted by Crippen LogP contribution is -2.39. The van der Waals surface area contributed by atoms with Gasteiger partial charge in [-0.05, 0) is 12.8 Å². The average molecular weight is 179 g/mol. The van der Waals surface area contributed by atoms with Crippen molar-refractivity contribution in [2.45, 2.75) is 25.3 Å². The molecule has 0 unspecified atom stereocenters. The molecular formula is C7H11F2NO2. The standard InChI is InChI=1S/C7H11F2NO2/c8-6(9)7(12)10(3-4-11)5-1-2-5/h5-6,11H,1-4H2. The molecule has 0 aromatic rings. The Balaban J connectivity index is 2.46. The molecule has 0 saturated heterocycles. The molecule has 0 radical (unpaired) electrons. The highest BCUT2D eigenvalue weighted by molar-refractivity contribution is 5.79. The topological polar surface area (TPSA) is 40.5 Å². The van der Waals surface area contributed by atoms with E-state index in [1.165, 1.54) is 0 Å². The second-order valence-corrected chi connectivity index (χ2v) is 2.79. The number of aliphatic hydroxyl groups is 1. The van der Waals surface area contributed by atoms with Crippen LogP contribution in [0.15, 0.2) is 0 Å². The molecule has 0 bridgehead atoms. The fourth-order valence-corrected chi connectivity index (χ4v) is 1.09. The van der Waals surface area contributed by atoms with Gasteiger partial charge in [0.25, 0.3) is 5.91 Å². The molecular weight excluding hydrogens is 168 g/mol. The van der Waals surface area contributed by atoms with Crippen molar-refractivity contribution < 1.29 is 18.7 Å². The molecule has 1 rings (SSSR count). The number of carbonyl (C=O) groups excluding carboxylic acids is 1. The van der Waals surface area contributed by atoms with Crippen LogP contribution in [0.5, 0.6) is 0 Å². The Kier molecular flexibility index (Phi) is 2.97. The molecule has 1 aliphatic rings. The summed E-state index contributed by atoms with van der Waals surface area (Å²) in [5.41, 5.74) is 0. The summed E-state index contributed by atoms with van der Waals surface area (Å²) in [6, 6.07) is -0.0568. The number of carbonyl (C=O) groups is 1. The Labute approximate surface area is 69.0 Å². The number of aliphatic hydroxyl groups excluding tert-OH is 1. The average Bonchev–Trinajstić information content (AvgIpc) is 2.81. The highest BCUT2D eigenvalue weighted by atomic mass is 19.3. The molecule has 0 atom stereocenters. The summed E-state index contributed by atoms with van der Waals surface area (Å²) in [7, 11) is 0. The smallest absolute Gasteiger partial charge is 0.315 e. The van der Waals surface area contributed by atoms with Crippen LogP contribution in [0.1, 0.15) is 12.8 Å². The van der Waals surface area contributed by atoms with Gasteiger partial charge in [-0.3, -0.25) is 4.79 Å². The Morgan fingerprint density at radius 2 is 2.17 bits per heavy atom. The van der Waals surface area contributed by atoms with Gasteiger partial charge in [-0.1, -0.05) is 0 Å². The zero-order valence-electron chi connectivity index (χ0n) is 6.54. The van der Waals surface area contributed by atoms with Crippen LogP contribution < -0.4 is 0 Å². The van der Waals surface area contributed by atoms with Gasteiger partial charge < -0.3 is 10.0 Å². The largest absolute Gasteiger partial charge is 0.395 e. The first kappa shape index (κ1) is 9.38. The summed E-state index contributed by atoms with van der Waals surface area (Å²) >= 11 is 0. The number of amides is 1. The molecule has 12 heavy (non-hydrogen) atoms. The minimum Gasteiger partial charge on any atom is -0.395 e. The van der Waals surface area contributed by atoms with E-state index in [2.05, 4.69) is 0 Å². The third-order valence-corrected chi connectivity index (χ3v) is 1.80. The molecule has 1 fully saturated rings. The molecule has 1 amide bonds. The van der Waals surface area contributed by atoms with Crippen LogP contribution >= 0.6 is 0 Å². The predicted octanol–water partition coefficient (Wildman–Crippen LogP) is 0.235. The lowest BCUT2D eigenvalue weighted by molar-refractivity contribution is -0.143. The summed E-state index contributed by atoms with van der Waals surface area (Å²) in [4.78, 5) is 11.8. The summed E-state index contributed by atoms with van der Waals surface area (Å²) in [5, 5.41) is 8.51. The third-order valence-electron chi connectivity index (χ3n) is 1.80. The maximum atomic E-state index is 11.9. The minimum absolute atomic E-state index is 0.0217. The number of halogens is 2. The van der Waals surface area contributed by atoms with E-state index >= 15 is 0 Å². The highest BCUT2D eigenvalue weighted by Crippen LogP contribution is 2.27. The first-order chi connectivity index (χ1) is 5.66. The molecule has 0 spiro atoms. The van der Waals surface area contributed by atoms with Crippen LogP contribution in [-0.2, 0) is 4.79 Å². The molecule has 70 valence electrons. The summed E-state index contributed by atoms with van der Waals surface area (Å²) in [5.74, 6) is -1.16. The second kappa shape index (κ2) is 3.80. The van der Waals surface area contributed by atoms with Gasteiger partial charge in [0.15, 0.2) is 0 Å². The Morgan fingerprint density at radius 1 is 1.58 bits per heavy atom. The van der Waals surface area contributed by atoms with Gasteiger partial charge >= 0.3 is 6.43 Å². The van der Waals surface area contributed by atoms with Gasteiger partial charge in [-0.2, -0.15) is 8.78 Å². The Morgan fingerprint density at radius 3 is 2.50 bits per heavy atom. The molecule has 0 heterocycles. The van der Waals surface area contributed by atoms with Crippen LogP contribution in [-0.4, -0.2) is 41.5 Å². The van der Waals surface area contributed by atoms with Gasteiger partial charge in [-0.15, -0.1) is 0 Å². The van der Waals surface area contributed by atoms with E-state index in [-0.39, 0.29) is 19.2 Å². The number of nitrogens with zero attached hydrogens (tertiary/aromatic N) is 1. The van der Waals surface area contributed by atoms with Crippen molar-refractivity contribution in [3.8, 4) is 0 Å². The van der Waals surface area contributed by atoms with E-state index < -0.39 is 12.3 Å². The van der Waals surface area contributed by atoms with Crippen LogP contribution in [0, 0.1) is 0 Å². The summed E-state index contributed by atoms with van der Waals surface area (Å²) in [6.07, 6.45) is -1.39. The summed E-state index contributed by atoms with van der Waals surface area (Å²) < 4.78 is 23.8. The first-order valence-corrected chi connectivity index (χ1v) is 3.86. The molecule has 1 N–H and O–H groups in total. The third kappa shape index (κ3) is 2.14. The van der Waals surface area contributed by atoms with Crippen LogP contribution in [0.3, 0.4) is 0 Å². The van der Waals surface area contributed by atoms with Crippen molar-refractivity contribution >= 4 is 5.91 Å². The van der Waals surface area contributed by atoms with Crippen molar-refractivity contribution in [3.63, 3.8) is 0 Å². The zero-order valence-corrected chi connectivity index (χ0v) is 6.54. The molecule has 0 aromatic carbocycles. The van der Waals surface area contributed by atoms with Gasteiger partial charge in [-0.25, -0.2) is 0 Å². The van der Waals surface area contributed by atoms with Gasteiger partial charge in [0.05, 0.1) is 6.61 Å². The molecule has 0 aliphatic heterocycles. The molecule has 5 heteroatoms. The maximum absolute atomic E-state index is 11.9. The van der Waals surface area contributed by atoms with Gasteiger partial charge in [0.1, 0.15) is 0 Å². The monoisotopic (exact) mass is 179 g/mol. The lowest BCUT2D eigenvalue weighted by Gasteiger charge is -2.20. The quantitative estimate of drug-likeness (QED) is 0.671. The van der Waals surface area contributed by atoms with E-state index in [0.717, 1.165) is 17.7 Å². The van der Waals surface area contributed by atoms with Crippen molar-refractivity contribution in [1.82, 2.24) is 4.90 Å². The first-order valence-electron chi connectivity index (χ1n) is 3.86. The minimum atomic E-state index is -2.95. The van der Waals surface area contributed by atoms with E-state index in [9.17, 15) is 13.6 Å². The lowest BCUT2D eigenvalue weighted by atomic mass is 10.4. The number of alkyl halides is 2. The Bertz CT molecular complexity index is 171. The predicted molar refractivity (Wildman–Crippen MR) is 37.8 cm³/mol. The van der Waals surface area contributed by atoms with Crippen molar-refractivity contribution in [1.29, 1.82) is 0 Å². The fraction of sp³-hybridized carbons (Fsp3) is 0.857. The van der Waals surface area contributed by atoms with E-state index in [4.69, 9.17) is 5.11 Å². The van der Waals surface area contributed by atoms with Gasteiger partial charge in [0, 0.05) is 12.6 Å². The van der Waals surface area contributed by atoms with Crippen LogP contribution in [0.25, 0.3) is 0 Å².